The SMILES string of the molecule is COc1cnccc1C(=O)NCC1(O)CCC(C)CC1. The number of aromatic nitrogens is 1. The molecule has 1 aliphatic carbocycles. The number of aliphatic hydroxyl groups is 1. The van der Waals surface area contributed by atoms with Crippen LogP contribution >= 0.6 is 0 Å². The molecule has 5 nitrogen and oxygen atoms in total. The smallest absolute Gasteiger partial charge is 0.255 e. The second-order valence-electron chi connectivity index (χ2n) is 5.67. The molecule has 0 atom stereocenters. The van der Waals surface area contributed by atoms with Gasteiger partial charge in [0.1, 0.15) is 5.75 Å². The van der Waals surface area contributed by atoms with E-state index in [1.165, 1.54) is 13.3 Å². The van der Waals surface area contributed by atoms with Gasteiger partial charge in [0.25, 0.3) is 5.91 Å². The van der Waals surface area contributed by atoms with E-state index in [0.717, 1.165) is 25.7 Å². The first kappa shape index (κ1) is 14.8. The van der Waals surface area contributed by atoms with Gasteiger partial charge in [0.05, 0.1) is 24.5 Å². The maximum atomic E-state index is 12.1. The summed E-state index contributed by atoms with van der Waals surface area (Å²) in [5.74, 6) is 0.858. The molecule has 0 spiro atoms. The van der Waals surface area contributed by atoms with Crippen LogP contribution in [0, 0.1) is 5.92 Å². The lowest BCUT2D eigenvalue weighted by molar-refractivity contribution is -0.00542. The maximum absolute atomic E-state index is 12.1. The summed E-state index contributed by atoms with van der Waals surface area (Å²) < 4.78 is 5.11. The normalized spacial score (nSPS) is 26.1. The first-order chi connectivity index (χ1) is 9.54. The highest BCUT2D eigenvalue weighted by atomic mass is 16.5. The first-order valence-corrected chi connectivity index (χ1v) is 7.03. The highest BCUT2D eigenvalue weighted by Gasteiger charge is 2.32. The Labute approximate surface area is 119 Å². The van der Waals surface area contributed by atoms with Gasteiger partial charge in [0, 0.05) is 12.7 Å². The predicted octanol–water partition coefficient (Wildman–Crippen LogP) is 1.76. The van der Waals surface area contributed by atoms with Crippen molar-refractivity contribution in [2.75, 3.05) is 13.7 Å². The van der Waals surface area contributed by atoms with Gasteiger partial charge in [0.2, 0.25) is 0 Å². The van der Waals surface area contributed by atoms with E-state index < -0.39 is 5.60 Å². The van der Waals surface area contributed by atoms with Gasteiger partial charge in [-0.2, -0.15) is 0 Å². The van der Waals surface area contributed by atoms with Crippen LogP contribution in [0.1, 0.15) is 43.0 Å². The van der Waals surface area contributed by atoms with Gasteiger partial charge in [-0.1, -0.05) is 6.92 Å². The van der Waals surface area contributed by atoms with Gasteiger partial charge >= 0.3 is 0 Å². The predicted molar refractivity (Wildman–Crippen MR) is 75.7 cm³/mol. The molecule has 1 aliphatic rings. The molecule has 0 aromatic carbocycles. The summed E-state index contributed by atoms with van der Waals surface area (Å²) in [6, 6.07) is 1.61. The van der Waals surface area contributed by atoms with Crippen LogP contribution in [0.2, 0.25) is 0 Å². The molecule has 1 amide bonds. The summed E-state index contributed by atoms with van der Waals surface area (Å²) in [5, 5.41) is 13.3. The van der Waals surface area contributed by atoms with Crippen LogP contribution in [0.25, 0.3) is 0 Å². The minimum absolute atomic E-state index is 0.240. The fourth-order valence-electron chi connectivity index (χ4n) is 2.55. The number of hydrogen-bond donors (Lipinski definition) is 2. The van der Waals surface area contributed by atoms with Crippen molar-refractivity contribution in [2.24, 2.45) is 5.92 Å². The fourth-order valence-corrected chi connectivity index (χ4v) is 2.55. The molecule has 0 radical (unpaired) electrons. The van der Waals surface area contributed by atoms with E-state index in [9.17, 15) is 9.90 Å². The largest absolute Gasteiger partial charge is 0.494 e. The van der Waals surface area contributed by atoms with E-state index >= 15 is 0 Å². The number of hydrogen-bond acceptors (Lipinski definition) is 4. The Hall–Kier alpha value is -1.62. The Morgan fingerprint density at radius 2 is 2.25 bits per heavy atom. The van der Waals surface area contributed by atoms with Crippen LogP contribution in [0.3, 0.4) is 0 Å². The number of amides is 1. The highest BCUT2D eigenvalue weighted by Crippen LogP contribution is 2.31. The number of nitrogens with one attached hydrogen (secondary N) is 1. The Morgan fingerprint density at radius 3 is 2.90 bits per heavy atom. The zero-order chi connectivity index (χ0) is 14.6. The Morgan fingerprint density at radius 1 is 1.55 bits per heavy atom. The number of carbonyl (C=O) groups excluding carboxylic acids is 1. The standard InChI is InChI=1S/C15H22N2O3/c1-11-3-6-15(19,7-4-11)10-17-14(18)12-5-8-16-9-13(12)20-2/h5,8-9,11,19H,3-4,6-7,10H2,1-2H3,(H,17,18). The zero-order valence-electron chi connectivity index (χ0n) is 12.1. The third kappa shape index (κ3) is 3.48. The Balaban J connectivity index is 1.95. The molecule has 0 unspecified atom stereocenters. The molecule has 110 valence electrons. The van der Waals surface area contributed by atoms with Crippen LogP contribution in [0.4, 0.5) is 0 Å². The minimum Gasteiger partial charge on any atom is -0.494 e. The van der Waals surface area contributed by atoms with Crippen LogP contribution in [0.15, 0.2) is 18.5 Å². The zero-order valence-corrected chi connectivity index (χ0v) is 12.1. The summed E-state index contributed by atoms with van der Waals surface area (Å²) in [6.07, 6.45) is 6.54. The van der Waals surface area contributed by atoms with E-state index in [1.807, 2.05) is 0 Å². The van der Waals surface area contributed by atoms with Crippen molar-refractivity contribution in [2.45, 2.75) is 38.2 Å². The van der Waals surface area contributed by atoms with E-state index in [1.54, 1.807) is 12.3 Å². The average molecular weight is 278 g/mol. The van der Waals surface area contributed by atoms with Gasteiger partial charge < -0.3 is 15.2 Å². The molecule has 1 fully saturated rings. The lowest BCUT2D eigenvalue weighted by Gasteiger charge is -2.34. The van der Waals surface area contributed by atoms with Crippen molar-refractivity contribution in [1.29, 1.82) is 0 Å². The highest BCUT2D eigenvalue weighted by molar-refractivity contribution is 5.96. The van der Waals surface area contributed by atoms with E-state index in [-0.39, 0.29) is 12.5 Å². The van der Waals surface area contributed by atoms with Crippen molar-refractivity contribution >= 4 is 5.91 Å². The Kier molecular flexibility index (Phi) is 4.60. The van der Waals surface area contributed by atoms with Gasteiger partial charge in [-0.15, -0.1) is 0 Å². The molecule has 0 saturated heterocycles. The summed E-state index contributed by atoms with van der Waals surface area (Å²) in [5.41, 5.74) is -0.335. The average Bonchev–Trinajstić information content (AvgIpc) is 2.48. The van der Waals surface area contributed by atoms with Gasteiger partial charge in [-0.05, 0) is 37.7 Å². The molecule has 1 heterocycles. The third-order valence-electron chi connectivity index (χ3n) is 4.03. The summed E-state index contributed by atoms with van der Waals surface area (Å²) in [4.78, 5) is 16.1. The monoisotopic (exact) mass is 278 g/mol. The number of rotatable bonds is 4. The topological polar surface area (TPSA) is 71.5 Å². The van der Waals surface area contributed by atoms with E-state index in [0.29, 0.717) is 17.2 Å². The summed E-state index contributed by atoms with van der Waals surface area (Å²) in [6.45, 7) is 2.48. The second-order valence-corrected chi connectivity index (χ2v) is 5.67. The number of carbonyl (C=O) groups is 1. The fraction of sp³-hybridized carbons (Fsp3) is 0.600. The van der Waals surface area contributed by atoms with Crippen LogP contribution in [-0.4, -0.2) is 35.3 Å². The van der Waals surface area contributed by atoms with Crippen molar-refractivity contribution in [3.8, 4) is 5.75 Å². The molecular weight excluding hydrogens is 256 g/mol. The quantitative estimate of drug-likeness (QED) is 0.880. The molecule has 5 heteroatoms. The van der Waals surface area contributed by atoms with E-state index in [2.05, 4.69) is 17.2 Å². The maximum Gasteiger partial charge on any atom is 0.255 e. The molecule has 1 aromatic heterocycles. The van der Waals surface area contributed by atoms with Crippen molar-refractivity contribution < 1.29 is 14.6 Å². The molecule has 0 bridgehead atoms. The Bertz CT molecular complexity index is 468. The molecule has 1 aromatic rings. The van der Waals surface area contributed by atoms with Crippen LogP contribution in [-0.2, 0) is 0 Å². The minimum atomic E-state index is -0.775. The van der Waals surface area contributed by atoms with Gasteiger partial charge in [0.15, 0.2) is 0 Å². The van der Waals surface area contributed by atoms with Crippen molar-refractivity contribution in [3.63, 3.8) is 0 Å². The second kappa shape index (κ2) is 6.22. The van der Waals surface area contributed by atoms with Crippen molar-refractivity contribution in [3.05, 3.63) is 24.0 Å². The van der Waals surface area contributed by atoms with E-state index in [4.69, 9.17) is 4.74 Å². The number of ether oxygens (including phenoxy) is 1. The van der Waals surface area contributed by atoms with Crippen molar-refractivity contribution in [1.82, 2.24) is 10.3 Å². The number of pyridine rings is 1. The summed E-state index contributed by atoms with van der Waals surface area (Å²) >= 11 is 0. The molecule has 20 heavy (non-hydrogen) atoms. The molecular formula is C15H22N2O3. The summed E-state index contributed by atoms with van der Waals surface area (Å²) in [7, 11) is 1.50. The first-order valence-electron chi connectivity index (χ1n) is 7.03. The van der Waals surface area contributed by atoms with Crippen LogP contribution in [0.5, 0.6) is 5.75 Å². The van der Waals surface area contributed by atoms with Gasteiger partial charge in [-0.3, -0.25) is 9.78 Å². The molecule has 2 rings (SSSR count). The molecule has 1 saturated carbocycles. The lowest BCUT2D eigenvalue weighted by Crippen LogP contribution is -2.45. The number of nitrogens with zero attached hydrogens (tertiary/aromatic N) is 1. The third-order valence-corrected chi connectivity index (χ3v) is 4.03. The van der Waals surface area contributed by atoms with Crippen LogP contribution < -0.4 is 10.1 Å². The molecule has 0 aliphatic heterocycles. The van der Waals surface area contributed by atoms with Gasteiger partial charge in [-0.25, -0.2) is 0 Å². The lowest BCUT2D eigenvalue weighted by atomic mass is 9.79. The number of methoxy groups -OCH3 is 1. The molecule has 2 N–H and O–H groups in total.